The van der Waals surface area contributed by atoms with Crippen LogP contribution in [-0.4, -0.2) is 4.98 Å². The molecule has 0 atom stereocenters. The Bertz CT molecular complexity index is 664. The molecule has 0 aliphatic rings. The van der Waals surface area contributed by atoms with E-state index >= 15 is 0 Å². The maximum atomic E-state index is 13.7. The van der Waals surface area contributed by atoms with E-state index in [1.54, 1.807) is 12.1 Å². The molecule has 0 unspecified atom stereocenters. The number of nitriles is 1. The molecule has 0 radical (unpaired) electrons. The van der Waals surface area contributed by atoms with E-state index in [-0.39, 0.29) is 11.2 Å². The molecule has 108 valence electrons. The van der Waals surface area contributed by atoms with Crippen molar-refractivity contribution in [3.63, 3.8) is 0 Å². The van der Waals surface area contributed by atoms with E-state index in [9.17, 15) is 4.39 Å². The number of aromatic nitrogens is 1. The molecule has 0 spiro atoms. The average Bonchev–Trinajstić information content (AvgIpc) is 2.45. The van der Waals surface area contributed by atoms with Crippen LogP contribution in [0.25, 0.3) is 0 Å². The second kappa shape index (κ2) is 5.92. The van der Waals surface area contributed by atoms with Crippen molar-refractivity contribution in [2.75, 3.05) is 5.32 Å². The Balaban J connectivity index is 2.05. The third-order valence-corrected chi connectivity index (χ3v) is 3.27. The zero-order chi connectivity index (χ0) is 15.5. The summed E-state index contributed by atoms with van der Waals surface area (Å²) in [6.07, 6.45) is 1.83. The van der Waals surface area contributed by atoms with Crippen LogP contribution < -0.4 is 5.32 Å². The highest BCUT2D eigenvalue weighted by Gasteiger charge is 2.13. The largest absolute Gasteiger partial charge is 0.366 e. The van der Waals surface area contributed by atoms with Crippen molar-refractivity contribution in [3.8, 4) is 6.07 Å². The topological polar surface area (TPSA) is 48.7 Å². The van der Waals surface area contributed by atoms with Gasteiger partial charge >= 0.3 is 0 Å². The Labute approximate surface area is 124 Å². The SMILES string of the molecule is CC(C)(C)c1ccc(NCc2ccc(C#N)cc2F)nc1. The van der Waals surface area contributed by atoms with E-state index in [0.717, 1.165) is 5.56 Å². The Morgan fingerprint density at radius 3 is 2.52 bits per heavy atom. The van der Waals surface area contributed by atoms with E-state index in [4.69, 9.17) is 5.26 Å². The van der Waals surface area contributed by atoms with Gasteiger partial charge in [-0.1, -0.05) is 32.9 Å². The first-order valence-electron chi connectivity index (χ1n) is 6.79. The molecule has 0 amide bonds. The van der Waals surface area contributed by atoms with E-state index in [1.807, 2.05) is 24.4 Å². The minimum atomic E-state index is -0.382. The van der Waals surface area contributed by atoms with Crippen molar-refractivity contribution in [1.29, 1.82) is 5.26 Å². The molecule has 0 bridgehead atoms. The smallest absolute Gasteiger partial charge is 0.129 e. The third-order valence-electron chi connectivity index (χ3n) is 3.27. The second-order valence-corrected chi connectivity index (χ2v) is 5.95. The van der Waals surface area contributed by atoms with Crippen LogP contribution in [0.2, 0.25) is 0 Å². The van der Waals surface area contributed by atoms with Crippen molar-refractivity contribution in [3.05, 3.63) is 59.0 Å². The summed E-state index contributed by atoms with van der Waals surface area (Å²) in [5.41, 5.74) is 2.04. The molecule has 0 saturated carbocycles. The number of nitrogens with zero attached hydrogens (tertiary/aromatic N) is 2. The first kappa shape index (κ1) is 15.0. The summed E-state index contributed by atoms with van der Waals surface area (Å²) in [5.74, 6) is 0.319. The first-order chi connectivity index (χ1) is 9.90. The summed E-state index contributed by atoms with van der Waals surface area (Å²) < 4.78 is 13.7. The van der Waals surface area contributed by atoms with Crippen LogP contribution >= 0.6 is 0 Å². The van der Waals surface area contributed by atoms with Crippen LogP contribution in [0.4, 0.5) is 10.2 Å². The summed E-state index contributed by atoms with van der Waals surface area (Å²) in [6, 6.07) is 10.3. The molecule has 0 aliphatic heterocycles. The number of pyridine rings is 1. The fraction of sp³-hybridized carbons (Fsp3) is 0.294. The van der Waals surface area contributed by atoms with Gasteiger partial charge in [0.2, 0.25) is 0 Å². The van der Waals surface area contributed by atoms with Crippen LogP contribution in [-0.2, 0) is 12.0 Å². The number of hydrogen-bond acceptors (Lipinski definition) is 3. The minimum Gasteiger partial charge on any atom is -0.366 e. The molecule has 0 aliphatic carbocycles. The predicted octanol–water partition coefficient (Wildman–Crippen LogP) is 4.00. The molecule has 0 fully saturated rings. The van der Waals surface area contributed by atoms with Gasteiger partial charge in [-0.2, -0.15) is 5.26 Å². The fourth-order valence-corrected chi connectivity index (χ4v) is 1.89. The highest BCUT2D eigenvalue weighted by molar-refractivity contribution is 5.39. The van der Waals surface area contributed by atoms with E-state index < -0.39 is 0 Å². The molecule has 3 nitrogen and oxygen atoms in total. The van der Waals surface area contributed by atoms with Crippen molar-refractivity contribution < 1.29 is 4.39 Å². The quantitative estimate of drug-likeness (QED) is 0.926. The number of nitrogens with one attached hydrogen (secondary N) is 1. The zero-order valence-electron chi connectivity index (χ0n) is 12.4. The van der Waals surface area contributed by atoms with Crippen molar-refractivity contribution in [2.45, 2.75) is 32.7 Å². The lowest BCUT2D eigenvalue weighted by Crippen LogP contribution is -2.12. The molecule has 0 saturated heterocycles. The molecular formula is C17H18FN3. The van der Waals surface area contributed by atoms with Crippen LogP contribution in [0.1, 0.15) is 37.5 Å². The highest BCUT2D eigenvalue weighted by Crippen LogP contribution is 2.22. The van der Waals surface area contributed by atoms with E-state index in [2.05, 4.69) is 31.1 Å². The Kier molecular flexibility index (Phi) is 4.23. The molecule has 2 rings (SSSR count). The van der Waals surface area contributed by atoms with Gasteiger partial charge in [0.1, 0.15) is 11.6 Å². The highest BCUT2D eigenvalue weighted by atomic mass is 19.1. The zero-order valence-corrected chi connectivity index (χ0v) is 12.4. The lowest BCUT2D eigenvalue weighted by molar-refractivity contribution is 0.587. The summed E-state index contributed by atoms with van der Waals surface area (Å²) in [4.78, 5) is 4.34. The predicted molar refractivity (Wildman–Crippen MR) is 81.4 cm³/mol. The van der Waals surface area contributed by atoms with Gasteiger partial charge in [-0.15, -0.1) is 0 Å². The monoisotopic (exact) mass is 283 g/mol. The number of halogens is 1. The normalized spacial score (nSPS) is 11.0. The van der Waals surface area contributed by atoms with Crippen molar-refractivity contribution in [2.24, 2.45) is 0 Å². The number of rotatable bonds is 3. The Morgan fingerprint density at radius 1 is 1.24 bits per heavy atom. The standard InChI is InChI=1S/C17H18FN3/c1-17(2,3)14-6-7-16(21-11-14)20-10-13-5-4-12(9-19)8-15(13)18/h4-8,11H,10H2,1-3H3,(H,20,21). The molecule has 21 heavy (non-hydrogen) atoms. The van der Waals surface area contributed by atoms with Gasteiger partial charge in [-0.3, -0.25) is 0 Å². The summed E-state index contributed by atoms with van der Waals surface area (Å²) >= 11 is 0. The van der Waals surface area contributed by atoms with Crippen molar-refractivity contribution >= 4 is 5.82 Å². The van der Waals surface area contributed by atoms with Gasteiger partial charge in [-0.05, 0) is 29.2 Å². The van der Waals surface area contributed by atoms with Crippen molar-refractivity contribution in [1.82, 2.24) is 4.98 Å². The first-order valence-corrected chi connectivity index (χ1v) is 6.79. The average molecular weight is 283 g/mol. The number of benzene rings is 1. The fourth-order valence-electron chi connectivity index (χ4n) is 1.89. The van der Waals surface area contributed by atoms with Gasteiger partial charge < -0.3 is 5.32 Å². The van der Waals surface area contributed by atoms with E-state index in [0.29, 0.717) is 23.5 Å². The summed E-state index contributed by atoms with van der Waals surface area (Å²) in [6.45, 7) is 6.72. The van der Waals surface area contributed by atoms with Gasteiger partial charge in [0.25, 0.3) is 0 Å². The molecule has 1 aromatic carbocycles. The molecule has 1 N–H and O–H groups in total. The van der Waals surface area contributed by atoms with Crippen LogP contribution in [0, 0.1) is 17.1 Å². The molecular weight excluding hydrogens is 265 g/mol. The molecule has 2 aromatic rings. The van der Waals surface area contributed by atoms with Crippen LogP contribution in [0.15, 0.2) is 36.5 Å². The van der Waals surface area contributed by atoms with E-state index in [1.165, 1.54) is 6.07 Å². The number of hydrogen-bond donors (Lipinski definition) is 1. The van der Waals surface area contributed by atoms with Gasteiger partial charge in [-0.25, -0.2) is 9.37 Å². The Hall–Kier alpha value is -2.41. The van der Waals surface area contributed by atoms with Crippen LogP contribution in [0.3, 0.4) is 0 Å². The Morgan fingerprint density at radius 2 is 2.00 bits per heavy atom. The lowest BCUT2D eigenvalue weighted by atomic mass is 9.88. The molecule has 4 heteroatoms. The van der Waals surface area contributed by atoms with Gasteiger partial charge in [0, 0.05) is 18.3 Å². The molecule has 1 heterocycles. The molecule has 1 aromatic heterocycles. The minimum absolute atomic E-state index is 0.0603. The van der Waals surface area contributed by atoms with Crippen LogP contribution in [0.5, 0.6) is 0 Å². The maximum Gasteiger partial charge on any atom is 0.129 e. The maximum absolute atomic E-state index is 13.7. The second-order valence-electron chi connectivity index (χ2n) is 5.95. The summed E-state index contributed by atoms with van der Waals surface area (Å²) in [7, 11) is 0. The van der Waals surface area contributed by atoms with Gasteiger partial charge in [0.15, 0.2) is 0 Å². The summed E-state index contributed by atoms with van der Waals surface area (Å²) in [5, 5.41) is 11.8. The number of anilines is 1. The lowest BCUT2D eigenvalue weighted by Gasteiger charge is -2.18. The third kappa shape index (κ3) is 3.79. The van der Waals surface area contributed by atoms with Gasteiger partial charge in [0.05, 0.1) is 11.6 Å².